The van der Waals surface area contributed by atoms with Crippen molar-refractivity contribution in [3.63, 3.8) is 0 Å². The highest BCUT2D eigenvalue weighted by molar-refractivity contribution is 9.10. The summed E-state index contributed by atoms with van der Waals surface area (Å²) in [7, 11) is 4.11. The van der Waals surface area contributed by atoms with Crippen molar-refractivity contribution >= 4 is 21.8 Å². The number of ether oxygens (including phenoxy) is 3. The van der Waals surface area contributed by atoms with Gasteiger partial charge in [-0.25, -0.2) is 0 Å². The second-order valence-electron chi connectivity index (χ2n) is 9.55. The van der Waals surface area contributed by atoms with Crippen LogP contribution in [0.15, 0.2) is 21.4 Å². The van der Waals surface area contributed by atoms with Crippen LogP contribution in [-0.2, 0) is 11.3 Å². The molecule has 184 valence electrons. The number of hydrogen-bond donors (Lipinski definition) is 2. The van der Waals surface area contributed by atoms with Gasteiger partial charge in [0.05, 0.1) is 11.1 Å². The van der Waals surface area contributed by atoms with Gasteiger partial charge < -0.3 is 29.4 Å². The van der Waals surface area contributed by atoms with Gasteiger partial charge in [0.1, 0.15) is 6.10 Å². The van der Waals surface area contributed by atoms with Crippen LogP contribution < -0.4 is 20.3 Å². The molecule has 8 nitrogen and oxygen atoms in total. The highest BCUT2D eigenvalue weighted by atomic mass is 79.9. The second kappa shape index (κ2) is 9.36. The summed E-state index contributed by atoms with van der Waals surface area (Å²) in [4.78, 5) is 30.3. The van der Waals surface area contributed by atoms with Crippen LogP contribution >= 0.6 is 15.9 Å². The molecule has 1 aromatic carbocycles. The van der Waals surface area contributed by atoms with Gasteiger partial charge in [0, 0.05) is 41.9 Å². The van der Waals surface area contributed by atoms with Crippen molar-refractivity contribution in [2.45, 2.75) is 65.0 Å². The fraction of sp³-hybridized carbons (Fsp3) is 0.520. The molecule has 1 aromatic heterocycles. The number of nitrogens with one attached hydrogen (secondary N) is 2. The van der Waals surface area contributed by atoms with Gasteiger partial charge >= 0.3 is 0 Å². The summed E-state index contributed by atoms with van der Waals surface area (Å²) in [6, 6.07) is 3.99. The zero-order valence-corrected chi connectivity index (χ0v) is 22.1. The van der Waals surface area contributed by atoms with Crippen LogP contribution in [0.5, 0.6) is 11.5 Å². The Kier molecular flexibility index (Phi) is 6.81. The lowest BCUT2D eigenvalue weighted by Gasteiger charge is -2.38. The van der Waals surface area contributed by atoms with E-state index in [1.54, 1.807) is 6.07 Å². The van der Waals surface area contributed by atoms with E-state index < -0.39 is 5.79 Å². The number of fused-ring (bicyclic) bond motifs is 1. The first-order chi connectivity index (χ1) is 16.0. The number of pyridine rings is 1. The Morgan fingerprint density at radius 1 is 1.21 bits per heavy atom. The fourth-order valence-corrected chi connectivity index (χ4v) is 5.13. The first kappa shape index (κ1) is 24.8. The number of likely N-dealkylation sites (N-methyl/N-ethyl adjacent to an activating group) is 1. The number of carbonyl (C=O) groups is 1. The molecule has 0 radical (unpaired) electrons. The molecule has 0 bridgehead atoms. The summed E-state index contributed by atoms with van der Waals surface area (Å²) in [5.74, 6) is -0.167. The topological polar surface area (TPSA) is 92.9 Å². The molecule has 3 atom stereocenters. The number of rotatable bonds is 5. The predicted molar refractivity (Wildman–Crippen MR) is 133 cm³/mol. The van der Waals surface area contributed by atoms with Crippen LogP contribution in [0.25, 0.3) is 0 Å². The number of hydrogen-bond acceptors (Lipinski definition) is 6. The predicted octanol–water partition coefficient (Wildman–Crippen LogP) is 3.59. The number of amides is 1. The van der Waals surface area contributed by atoms with E-state index in [4.69, 9.17) is 14.2 Å². The first-order valence-corrected chi connectivity index (χ1v) is 12.3. The number of aryl methyl sites for hydroxylation is 2. The van der Waals surface area contributed by atoms with Gasteiger partial charge in [0.15, 0.2) is 11.5 Å². The number of nitrogens with zero attached hydrogens (tertiary/aromatic N) is 1. The lowest BCUT2D eigenvalue weighted by molar-refractivity contribution is -0.190. The summed E-state index contributed by atoms with van der Waals surface area (Å²) in [6.45, 7) is 8.15. The quantitative estimate of drug-likeness (QED) is 0.610. The normalized spacial score (nSPS) is 23.9. The molecular weight excluding hydrogens is 502 g/mol. The molecule has 3 heterocycles. The number of halogens is 1. The summed E-state index contributed by atoms with van der Waals surface area (Å²) in [5, 5.41) is 2.87. The molecule has 1 unspecified atom stereocenters. The molecule has 2 aromatic rings. The smallest absolute Gasteiger partial charge is 0.274 e. The summed E-state index contributed by atoms with van der Waals surface area (Å²) < 4.78 is 19.3. The van der Waals surface area contributed by atoms with Crippen molar-refractivity contribution in [1.29, 1.82) is 0 Å². The Morgan fingerprint density at radius 3 is 2.53 bits per heavy atom. The maximum absolute atomic E-state index is 13.1. The van der Waals surface area contributed by atoms with E-state index in [1.807, 2.05) is 33.8 Å². The summed E-state index contributed by atoms with van der Waals surface area (Å²) >= 11 is 3.54. The molecule has 1 amide bonds. The van der Waals surface area contributed by atoms with Crippen molar-refractivity contribution in [2.24, 2.45) is 0 Å². The number of carbonyl (C=O) groups excluding carboxylic acids is 1. The third-order valence-corrected chi connectivity index (χ3v) is 7.37. The van der Waals surface area contributed by atoms with Gasteiger partial charge in [-0.1, -0.05) is 0 Å². The number of benzene rings is 1. The molecule has 2 N–H and O–H groups in total. The maximum Gasteiger partial charge on any atom is 0.274 e. The van der Waals surface area contributed by atoms with E-state index in [0.29, 0.717) is 45.3 Å². The fourth-order valence-electron chi connectivity index (χ4n) is 4.64. The largest absolute Gasteiger partial charge is 0.446 e. The standard InChI is InChI=1S/C25H32BrN3O5/c1-13-9-14(2)28-24(31)18(13)11-27-23(30)17-10-19(26)22-21(15(17)3)33-25(4,34-22)20-8-7-16(12-32-20)29(5)6/h9-10,16,20H,7-8,11-12H2,1-6H3,(H,27,30)(H,28,31)/t16-,20+,25?/m1/s1. The lowest BCUT2D eigenvalue weighted by Crippen LogP contribution is -2.53. The van der Waals surface area contributed by atoms with Gasteiger partial charge in [-0.15, -0.1) is 0 Å². The lowest BCUT2D eigenvalue weighted by atomic mass is 9.99. The van der Waals surface area contributed by atoms with Gasteiger partial charge in [0.2, 0.25) is 0 Å². The molecule has 4 rings (SSSR count). The minimum absolute atomic E-state index is 0.131. The highest BCUT2D eigenvalue weighted by Gasteiger charge is 2.48. The third-order valence-electron chi connectivity index (χ3n) is 6.78. The second-order valence-corrected chi connectivity index (χ2v) is 10.4. The molecule has 0 saturated carbocycles. The third kappa shape index (κ3) is 4.61. The Morgan fingerprint density at radius 2 is 1.91 bits per heavy atom. The Hall–Kier alpha value is -2.36. The van der Waals surface area contributed by atoms with Crippen LogP contribution in [0.4, 0.5) is 0 Å². The van der Waals surface area contributed by atoms with Crippen LogP contribution in [0.2, 0.25) is 0 Å². The minimum atomic E-state index is -0.978. The van der Waals surface area contributed by atoms with Crippen LogP contribution in [0.3, 0.4) is 0 Å². The Bertz CT molecular complexity index is 1170. The highest BCUT2D eigenvalue weighted by Crippen LogP contribution is 2.49. The molecule has 1 fully saturated rings. The van der Waals surface area contributed by atoms with Crippen LogP contribution in [-0.4, -0.2) is 54.4 Å². The van der Waals surface area contributed by atoms with Crippen molar-refractivity contribution < 1.29 is 19.0 Å². The van der Waals surface area contributed by atoms with Gasteiger partial charge in [-0.2, -0.15) is 0 Å². The monoisotopic (exact) mass is 533 g/mol. The van der Waals surface area contributed by atoms with E-state index in [9.17, 15) is 9.59 Å². The molecule has 9 heteroatoms. The van der Waals surface area contributed by atoms with Gasteiger partial charge in [-0.3, -0.25) is 9.59 Å². The average molecular weight is 534 g/mol. The SMILES string of the molecule is Cc1cc(C)c(CNC(=O)c2cc(Br)c3c(c2C)OC(C)([C@@H]2CC[C@@H](N(C)C)CO2)O3)c(=O)[nH]1. The molecule has 2 aliphatic rings. The van der Waals surface area contributed by atoms with Gasteiger partial charge in [-0.05, 0) is 81.3 Å². The van der Waals surface area contributed by atoms with Crippen molar-refractivity contribution in [1.82, 2.24) is 15.2 Å². The van der Waals surface area contributed by atoms with Crippen molar-refractivity contribution in [2.75, 3.05) is 20.7 Å². The van der Waals surface area contributed by atoms with E-state index in [2.05, 4.69) is 45.2 Å². The number of aromatic amines is 1. The molecule has 34 heavy (non-hydrogen) atoms. The number of aromatic nitrogens is 1. The Balaban J connectivity index is 1.52. The zero-order chi connectivity index (χ0) is 24.8. The van der Waals surface area contributed by atoms with E-state index in [-0.39, 0.29) is 24.1 Å². The molecule has 2 aliphatic heterocycles. The van der Waals surface area contributed by atoms with Crippen LogP contribution in [0.1, 0.15) is 52.5 Å². The van der Waals surface area contributed by atoms with E-state index in [1.165, 1.54) is 0 Å². The maximum atomic E-state index is 13.1. The average Bonchev–Trinajstić information content (AvgIpc) is 3.15. The first-order valence-electron chi connectivity index (χ1n) is 11.5. The minimum Gasteiger partial charge on any atom is -0.446 e. The molecular formula is C25H32BrN3O5. The van der Waals surface area contributed by atoms with Crippen molar-refractivity contribution in [3.05, 3.63) is 54.9 Å². The van der Waals surface area contributed by atoms with Crippen molar-refractivity contribution in [3.8, 4) is 11.5 Å². The number of H-pyrrole nitrogens is 1. The summed E-state index contributed by atoms with van der Waals surface area (Å²) in [6.07, 6.45) is 1.57. The van der Waals surface area contributed by atoms with E-state index in [0.717, 1.165) is 24.1 Å². The van der Waals surface area contributed by atoms with E-state index >= 15 is 0 Å². The van der Waals surface area contributed by atoms with Crippen LogP contribution in [0, 0.1) is 20.8 Å². The van der Waals surface area contributed by atoms with Gasteiger partial charge in [0.25, 0.3) is 17.3 Å². The zero-order valence-electron chi connectivity index (χ0n) is 20.5. The molecule has 1 saturated heterocycles. The molecule has 0 spiro atoms. The Labute approximate surface area is 208 Å². The molecule has 0 aliphatic carbocycles. The summed E-state index contributed by atoms with van der Waals surface area (Å²) in [5.41, 5.74) is 3.10.